The number of nitrogen functional groups attached to an aromatic ring is 2. The van der Waals surface area contributed by atoms with E-state index in [1.165, 1.54) is 30.9 Å². The Morgan fingerprint density at radius 2 is 0.760 bits per heavy atom. The first kappa shape index (κ1) is 81.2. The van der Waals surface area contributed by atoms with E-state index in [9.17, 15) is 34.8 Å². The van der Waals surface area contributed by atoms with Gasteiger partial charge in [-0.25, -0.2) is 76.7 Å². The number of nitrogens with two attached hydrogens (primary N) is 2. The Balaban J connectivity index is 0.000000133. The molecule has 0 radical (unpaired) electrons. The Hall–Kier alpha value is -15.0. The number of fused-ring (bicyclic) bond motifs is 3. The van der Waals surface area contributed by atoms with Gasteiger partial charge in [-0.1, -0.05) is 127 Å². The number of nitrogens with one attached hydrogen (secondary N) is 3. The number of urea groups is 1. The highest BCUT2D eigenvalue weighted by Gasteiger charge is 2.36. The molecule has 608 valence electrons. The number of ether oxygens (including phenoxy) is 1. The Morgan fingerprint density at radius 3 is 1.12 bits per heavy atom. The van der Waals surface area contributed by atoms with E-state index in [0.717, 1.165) is 83.1 Å². The van der Waals surface area contributed by atoms with Gasteiger partial charge in [0, 0.05) is 99.0 Å². The summed E-state index contributed by atoms with van der Waals surface area (Å²) in [4.78, 5) is 60.0. The molecule has 0 unspecified atom stereocenters. The van der Waals surface area contributed by atoms with E-state index in [1.807, 2.05) is 54.6 Å². The molecule has 3 aliphatic carbocycles. The van der Waals surface area contributed by atoms with Crippen LogP contribution in [0.1, 0.15) is 80.8 Å². The van der Waals surface area contributed by atoms with E-state index in [2.05, 4.69) is 66.1 Å². The smallest absolute Gasteiger partial charge is 0.410 e. The van der Waals surface area contributed by atoms with Crippen molar-refractivity contribution in [2.45, 2.75) is 78.4 Å². The van der Waals surface area contributed by atoms with Crippen LogP contribution in [-0.2, 0) is 30.1 Å². The fraction of sp³-hybridized carbons (Fsp3) is 0.114. The average molecular weight is 1680 g/mol. The lowest BCUT2D eigenvalue weighted by Crippen LogP contribution is -2.19. The molecule has 0 spiro atoms. The Bertz CT molecular complexity index is 6930. The summed E-state index contributed by atoms with van der Waals surface area (Å²) in [5, 5.41) is 18.0. The number of amides is 3. The zero-order valence-electron chi connectivity index (χ0n) is 63.3. The van der Waals surface area contributed by atoms with Crippen LogP contribution in [0.15, 0.2) is 316 Å². The molecule has 0 aliphatic heterocycles. The van der Waals surface area contributed by atoms with Crippen LogP contribution in [0.5, 0.6) is 5.75 Å². The predicted molar refractivity (Wildman–Crippen MR) is 458 cm³/mol. The lowest BCUT2D eigenvalue weighted by Gasteiger charge is -2.12. The topological polar surface area (TPSA) is 404 Å². The van der Waals surface area contributed by atoms with Crippen LogP contribution in [0.25, 0.3) is 89.4 Å². The van der Waals surface area contributed by atoms with Gasteiger partial charge in [0.05, 0.1) is 48.9 Å². The molecule has 10 heterocycles. The molecule has 10 aromatic heterocycles. The van der Waals surface area contributed by atoms with Crippen molar-refractivity contribution in [3.05, 3.63) is 310 Å². The first-order valence-corrected chi connectivity index (χ1v) is 41.9. The summed E-state index contributed by atoms with van der Waals surface area (Å²) >= 11 is 0. The summed E-state index contributed by atoms with van der Waals surface area (Å²) in [7, 11) is -11.8. The minimum Gasteiger partial charge on any atom is -0.410 e. The molecule has 20 rings (SSSR count). The highest BCUT2D eigenvalue weighted by atomic mass is 32.2. The van der Waals surface area contributed by atoms with Crippen LogP contribution in [-0.4, -0.2) is 99.5 Å². The summed E-state index contributed by atoms with van der Waals surface area (Å²) in [6.45, 7) is 0. The van der Waals surface area contributed by atoms with Crippen molar-refractivity contribution in [2.24, 2.45) is 0 Å². The zero-order valence-corrected chi connectivity index (χ0v) is 65.7. The molecule has 3 amide bonds. The molecule has 3 saturated carbocycles. The van der Waals surface area contributed by atoms with Gasteiger partial charge in [0.2, 0.25) is 11.8 Å². The van der Waals surface area contributed by atoms with Crippen LogP contribution >= 0.6 is 0 Å². The molecule has 29 nitrogen and oxygen atoms in total. The molecule has 33 heteroatoms. The molecule has 0 bridgehead atoms. The third kappa shape index (κ3) is 17.6. The third-order valence-corrected chi connectivity index (χ3v) is 24.9. The second kappa shape index (κ2) is 34.7. The van der Waals surface area contributed by atoms with Gasteiger partial charge in [0.15, 0.2) is 16.9 Å². The van der Waals surface area contributed by atoms with E-state index in [1.54, 1.807) is 219 Å². The van der Waals surface area contributed by atoms with Gasteiger partial charge in [-0.2, -0.15) is 0 Å². The first-order valence-electron chi connectivity index (χ1n) is 37.6. The lowest BCUT2D eigenvalue weighted by molar-refractivity contribution is 0.215. The second-order valence-electron chi connectivity index (χ2n) is 28.0. The van der Waals surface area contributed by atoms with E-state index in [0.29, 0.717) is 108 Å². The number of hydrogen-bond acceptors (Lipinski definition) is 23. The van der Waals surface area contributed by atoms with Crippen LogP contribution in [0, 0.1) is 0 Å². The highest BCUT2D eigenvalue weighted by molar-refractivity contribution is 7.90. The van der Waals surface area contributed by atoms with Gasteiger partial charge >= 0.3 is 12.1 Å². The van der Waals surface area contributed by atoms with Crippen LogP contribution in [0.2, 0.25) is 0 Å². The monoisotopic (exact) mass is 1670 g/mol. The number of anilines is 5. The molecular weight excluding hydrogens is 1600 g/mol. The maximum Gasteiger partial charge on any atom is 0.417 e. The number of carbonyl (C=O) groups is 2. The number of nitrogens with zero attached hydrogens (tertiary/aromatic N) is 13. The number of rotatable bonds is 18. The van der Waals surface area contributed by atoms with Gasteiger partial charge in [-0.15, -0.1) is 0 Å². The number of pyridine rings is 2. The van der Waals surface area contributed by atoms with E-state index < -0.39 is 42.2 Å². The van der Waals surface area contributed by atoms with Crippen LogP contribution in [0.3, 0.4) is 0 Å². The maximum atomic E-state index is 13.9. The average Bonchev–Trinajstić information content (AvgIpc) is 1.59. The van der Waals surface area contributed by atoms with Crippen molar-refractivity contribution in [3.63, 3.8) is 0 Å². The minimum absolute atomic E-state index is 0. The second-order valence-corrected chi connectivity index (χ2v) is 33.4. The molecule has 7 N–H and O–H groups in total. The number of carbonyl (C=O) groups excluding carboxylic acids is 2. The fourth-order valence-corrected chi connectivity index (χ4v) is 18.0. The normalized spacial score (nSPS) is 13.0. The highest BCUT2D eigenvalue weighted by Crippen LogP contribution is 2.47. The molecule has 0 saturated heterocycles. The largest absolute Gasteiger partial charge is 0.417 e. The summed E-state index contributed by atoms with van der Waals surface area (Å²) in [6.07, 6.45) is 16.6. The molecule has 17 aromatic rings. The van der Waals surface area contributed by atoms with E-state index in [-0.39, 0.29) is 32.7 Å². The van der Waals surface area contributed by atoms with Gasteiger partial charge in [0.1, 0.15) is 36.1 Å². The zero-order chi connectivity index (χ0) is 81.8. The molecule has 121 heavy (non-hydrogen) atoms. The van der Waals surface area contributed by atoms with Gasteiger partial charge in [-0.3, -0.25) is 25.3 Å². The summed E-state index contributed by atoms with van der Waals surface area (Å²) in [6, 6.07) is 70.4. The van der Waals surface area contributed by atoms with Crippen molar-refractivity contribution in [1.29, 1.82) is 0 Å². The van der Waals surface area contributed by atoms with Crippen molar-refractivity contribution in [3.8, 4) is 62.0 Å². The standard InChI is InChI=1S/C30H23N7O4S.C28H22N4O4S.C21H18N4O2S.C8H7N3O.CH4.FH/c38-30(35-27-16-25(36-41-27)21-5-4-14-31-17-21)34-22-12-10-19(11-13-22)26-15-24-28(20-8-9-20)32-18-33-29(24)37(26)42(39,40)23-6-2-1-3-7-23;33-28(36-22-7-3-1-4-8-22)31-21-15-13-19(14-16-21)25-17-24-26(20-11-12-20)29-18-30-27(24)32(25)37(34,35)23-9-5-2-6-10-23;22-16-10-8-14(9-11-16)19-12-18-20(15-6-7-15)23-13-24-21(18)25(19)28(26,27)17-4-2-1-3-5-17;9-8-4-7(11-12-8)6-2-1-3-10-5-6;;/h1-7,10-18,20H,8-9H2,(H2,34,35,38);1-10,13-18,20H,11-12H2,(H,31,33);1-5,8-13,15H,6-7,22H2;1-5H,9H2;1H4;1H. The number of benzene rings is 7. The molecule has 3 aliphatic rings. The summed E-state index contributed by atoms with van der Waals surface area (Å²) in [5.74, 6) is 1.91. The number of halogens is 1. The number of para-hydroxylation sites is 1. The molecule has 3 fully saturated rings. The van der Waals surface area contributed by atoms with E-state index >= 15 is 0 Å². The van der Waals surface area contributed by atoms with Crippen molar-refractivity contribution < 1.29 is 53.3 Å². The fourth-order valence-electron chi connectivity index (χ4n) is 13.5. The van der Waals surface area contributed by atoms with Crippen LogP contribution < -0.4 is 32.2 Å². The quantitative estimate of drug-likeness (QED) is 0.0498. The first-order chi connectivity index (χ1) is 57.9. The Morgan fingerprint density at radius 1 is 0.397 bits per heavy atom. The third-order valence-electron chi connectivity index (χ3n) is 19.7. The Kier molecular flexibility index (Phi) is 23.3. The SMILES string of the molecule is C.F.Nc1cc(-c2cccnc2)no1.Nc1ccc(-c2cc3c(C4CC4)ncnc3n2S(=O)(=O)c2ccccc2)cc1.O=C(Nc1ccc(-c2cc3c(C4CC4)ncnc3n2S(=O)(=O)c2ccccc2)cc1)Nc1cc(-c2cccnc2)no1.O=C(Nc1ccc(-c2cc3c(C4CC4)ncnc3n2S(=O)(=O)c2ccccc2)cc1)Oc1ccccc1. The molecule has 7 aromatic carbocycles. The lowest BCUT2D eigenvalue weighted by atomic mass is 10.1. The van der Waals surface area contributed by atoms with Crippen LogP contribution in [0.4, 0.5) is 43.1 Å². The van der Waals surface area contributed by atoms with Crippen molar-refractivity contribution in [2.75, 3.05) is 27.4 Å². The number of aromatic nitrogens is 13. The molecular formula is C88H75FN18O11S3. The minimum atomic E-state index is -3.98. The maximum absolute atomic E-state index is 13.9. The predicted octanol–water partition coefficient (Wildman–Crippen LogP) is 17.6. The van der Waals surface area contributed by atoms with Gasteiger partial charge < -0.3 is 30.6 Å². The van der Waals surface area contributed by atoms with Crippen molar-refractivity contribution in [1.82, 2.24) is 62.1 Å². The van der Waals surface area contributed by atoms with Crippen molar-refractivity contribution >= 4 is 104 Å². The summed E-state index contributed by atoms with van der Waals surface area (Å²) in [5.41, 5.74) is 23.0. The van der Waals surface area contributed by atoms with Gasteiger partial charge in [-0.05, 0) is 183 Å². The summed E-state index contributed by atoms with van der Waals surface area (Å²) < 4.78 is 102. The molecule has 0 atom stereocenters. The van der Waals surface area contributed by atoms with E-state index in [4.69, 9.17) is 25.3 Å². The number of hydrogen-bond donors (Lipinski definition) is 5. The van der Waals surface area contributed by atoms with Gasteiger partial charge in [0.25, 0.3) is 30.1 Å². The Labute approximate surface area is 692 Å².